The Morgan fingerprint density at radius 2 is 1.89 bits per heavy atom. The molecule has 1 aliphatic rings. The Kier molecular flexibility index (Phi) is 4.92. The average molecular weight is 267 g/mol. The molecule has 1 nitrogen and oxygen atoms in total. The van der Waals surface area contributed by atoms with Crippen LogP contribution in [0.4, 0.5) is 8.78 Å². The van der Waals surface area contributed by atoms with Gasteiger partial charge in [-0.05, 0) is 43.9 Å². The minimum absolute atomic E-state index is 0.107. The Labute approximate surface area is 114 Å². The van der Waals surface area contributed by atoms with E-state index in [0.717, 1.165) is 32.2 Å². The molecule has 3 heteroatoms. The van der Waals surface area contributed by atoms with E-state index in [9.17, 15) is 8.78 Å². The second kappa shape index (κ2) is 6.47. The molecule has 1 N–H and O–H groups in total. The van der Waals surface area contributed by atoms with Crippen molar-refractivity contribution >= 4 is 0 Å². The van der Waals surface area contributed by atoms with E-state index in [1.165, 1.54) is 6.42 Å². The first-order valence-electron chi connectivity index (χ1n) is 7.33. The summed E-state index contributed by atoms with van der Waals surface area (Å²) in [6.07, 6.45) is 5.34. The molecule has 0 saturated heterocycles. The van der Waals surface area contributed by atoms with Crippen LogP contribution in [0.25, 0.3) is 0 Å². The van der Waals surface area contributed by atoms with Crippen molar-refractivity contribution in [1.82, 2.24) is 5.32 Å². The molecule has 1 aromatic rings. The van der Waals surface area contributed by atoms with Crippen molar-refractivity contribution in [3.8, 4) is 0 Å². The first-order valence-corrected chi connectivity index (χ1v) is 7.33. The van der Waals surface area contributed by atoms with E-state index in [2.05, 4.69) is 12.2 Å². The van der Waals surface area contributed by atoms with Crippen molar-refractivity contribution < 1.29 is 8.78 Å². The highest BCUT2D eigenvalue weighted by molar-refractivity contribution is 5.29. The van der Waals surface area contributed by atoms with Crippen LogP contribution in [0, 0.1) is 18.6 Å². The normalized spacial score (nSPS) is 23.6. The van der Waals surface area contributed by atoms with Gasteiger partial charge in [-0.25, -0.2) is 8.78 Å². The van der Waals surface area contributed by atoms with Gasteiger partial charge in [-0.2, -0.15) is 0 Å². The SMILES string of the molecule is CCCNC1CCCCC1c1ccc(C)c(F)c1F. The number of aryl methyl sites for hydroxylation is 1. The Bertz CT molecular complexity index is 431. The summed E-state index contributed by atoms with van der Waals surface area (Å²) in [7, 11) is 0. The summed E-state index contributed by atoms with van der Waals surface area (Å²) < 4.78 is 27.9. The van der Waals surface area contributed by atoms with Crippen molar-refractivity contribution in [2.75, 3.05) is 6.54 Å². The number of halogens is 2. The summed E-state index contributed by atoms with van der Waals surface area (Å²) in [5.74, 6) is -1.22. The van der Waals surface area contributed by atoms with E-state index in [0.29, 0.717) is 11.1 Å². The molecule has 0 aliphatic heterocycles. The van der Waals surface area contributed by atoms with Crippen LogP contribution in [0.15, 0.2) is 12.1 Å². The quantitative estimate of drug-likeness (QED) is 0.857. The van der Waals surface area contributed by atoms with Crippen LogP contribution in [0.1, 0.15) is 56.1 Å². The van der Waals surface area contributed by atoms with Crippen molar-refractivity contribution in [2.45, 2.75) is 57.9 Å². The molecule has 2 atom stereocenters. The lowest BCUT2D eigenvalue weighted by Gasteiger charge is -2.33. The van der Waals surface area contributed by atoms with Gasteiger partial charge in [-0.1, -0.05) is 31.9 Å². The number of benzene rings is 1. The highest BCUT2D eigenvalue weighted by atomic mass is 19.2. The largest absolute Gasteiger partial charge is 0.313 e. The topological polar surface area (TPSA) is 12.0 Å². The van der Waals surface area contributed by atoms with Crippen molar-refractivity contribution in [3.05, 3.63) is 34.9 Å². The van der Waals surface area contributed by atoms with Crippen LogP contribution in [0.3, 0.4) is 0 Å². The van der Waals surface area contributed by atoms with E-state index >= 15 is 0 Å². The second-order valence-corrected chi connectivity index (χ2v) is 5.55. The van der Waals surface area contributed by atoms with Gasteiger partial charge in [0.2, 0.25) is 0 Å². The fourth-order valence-electron chi connectivity index (χ4n) is 3.02. The minimum atomic E-state index is -0.683. The number of nitrogens with one attached hydrogen (secondary N) is 1. The van der Waals surface area contributed by atoms with Crippen LogP contribution in [0.2, 0.25) is 0 Å². The monoisotopic (exact) mass is 267 g/mol. The summed E-state index contributed by atoms with van der Waals surface area (Å²) in [6, 6.07) is 3.74. The summed E-state index contributed by atoms with van der Waals surface area (Å²) in [5, 5.41) is 3.49. The number of hydrogen-bond acceptors (Lipinski definition) is 1. The van der Waals surface area contributed by atoms with Crippen LogP contribution < -0.4 is 5.32 Å². The van der Waals surface area contributed by atoms with Gasteiger partial charge < -0.3 is 5.32 Å². The van der Waals surface area contributed by atoms with E-state index in [1.54, 1.807) is 19.1 Å². The van der Waals surface area contributed by atoms with Crippen molar-refractivity contribution in [3.63, 3.8) is 0 Å². The van der Waals surface area contributed by atoms with Gasteiger partial charge in [-0.15, -0.1) is 0 Å². The third-order valence-corrected chi connectivity index (χ3v) is 4.13. The second-order valence-electron chi connectivity index (χ2n) is 5.55. The molecule has 1 aromatic carbocycles. The van der Waals surface area contributed by atoms with E-state index in [1.807, 2.05) is 0 Å². The maximum absolute atomic E-state index is 14.1. The molecular weight excluding hydrogens is 244 g/mol. The zero-order chi connectivity index (χ0) is 13.8. The first-order chi connectivity index (χ1) is 9.15. The van der Waals surface area contributed by atoms with Crippen molar-refractivity contribution in [2.24, 2.45) is 0 Å². The van der Waals surface area contributed by atoms with Gasteiger partial charge in [0.15, 0.2) is 11.6 Å². The Morgan fingerprint density at radius 1 is 1.16 bits per heavy atom. The third kappa shape index (κ3) is 3.14. The van der Waals surface area contributed by atoms with E-state index < -0.39 is 11.6 Å². The fourth-order valence-corrected chi connectivity index (χ4v) is 3.02. The molecule has 1 saturated carbocycles. The van der Waals surface area contributed by atoms with Crippen LogP contribution in [0.5, 0.6) is 0 Å². The molecular formula is C16H23F2N. The van der Waals surface area contributed by atoms with Gasteiger partial charge in [-0.3, -0.25) is 0 Å². The predicted molar refractivity (Wildman–Crippen MR) is 74.4 cm³/mol. The molecule has 106 valence electrons. The van der Waals surface area contributed by atoms with Crippen LogP contribution in [-0.4, -0.2) is 12.6 Å². The third-order valence-electron chi connectivity index (χ3n) is 4.13. The minimum Gasteiger partial charge on any atom is -0.313 e. The average Bonchev–Trinajstić information content (AvgIpc) is 2.43. The molecule has 1 aliphatic carbocycles. The summed E-state index contributed by atoms with van der Waals surface area (Å²) >= 11 is 0. The summed E-state index contributed by atoms with van der Waals surface area (Å²) in [4.78, 5) is 0. The molecule has 19 heavy (non-hydrogen) atoms. The number of hydrogen-bond donors (Lipinski definition) is 1. The first kappa shape index (κ1) is 14.4. The Hall–Kier alpha value is -0.960. The highest BCUT2D eigenvalue weighted by Gasteiger charge is 2.29. The molecule has 2 unspecified atom stereocenters. The van der Waals surface area contributed by atoms with Gasteiger partial charge in [0.05, 0.1) is 0 Å². The molecule has 0 aromatic heterocycles. The molecule has 0 amide bonds. The molecule has 0 spiro atoms. The Balaban J connectivity index is 2.24. The molecule has 1 fully saturated rings. The van der Waals surface area contributed by atoms with Gasteiger partial charge in [0.1, 0.15) is 0 Å². The maximum Gasteiger partial charge on any atom is 0.162 e. The zero-order valence-electron chi connectivity index (χ0n) is 11.8. The molecule has 2 rings (SSSR count). The lowest BCUT2D eigenvalue weighted by atomic mass is 9.79. The molecule has 0 heterocycles. The predicted octanol–water partition coefficient (Wildman–Crippen LogP) is 4.30. The highest BCUT2D eigenvalue weighted by Crippen LogP contribution is 2.35. The molecule has 0 bridgehead atoms. The smallest absolute Gasteiger partial charge is 0.162 e. The van der Waals surface area contributed by atoms with Crippen LogP contribution >= 0.6 is 0 Å². The Morgan fingerprint density at radius 3 is 2.63 bits per heavy atom. The lowest BCUT2D eigenvalue weighted by Crippen LogP contribution is -2.38. The summed E-state index contributed by atoms with van der Waals surface area (Å²) in [5.41, 5.74) is 0.937. The number of rotatable bonds is 4. The van der Waals surface area contributed by atoms with Crippen LogP contribution in [-0.2, 0) is 0 Å². The van der Waals surface area contributed by atoms with Gasteiger partial charge in [0, 0.05) is 12.0 Å². The van der Waals surface area contributed by atoms with Gasteiger partial charge >= 0.3 is 0 Å². The van der Waals surface area contributed by atoms with Crippen molar-refractivity contribution in [1.29, 1.82) is 0 Å². The molecule has 0 radical (unpaired) electrons. The standard InChI is InChI=1S/C16H23F2N/c1-3-10-19-14-7-5-4-6-12(14)13-9-8-11(2)15(17)16(13)18/h8-9,12,14,19H,3-7,10H2,1-2H3. The lowest BCUT2D eigenvalue weighted by molar-refractivity contribution is 0.319. The fraction of sp³-hybridized carbons (Fsp3) is 0.625. The summed E-state index contributed by atoms with van der Waals surface area (Å²) in [6.45, 7) is 4.67. The maximum atomic E-state index is 14.1. The van der Waals surface area contributed by atoms with E-state index in [-0.39, 0.29) is 12.0 Å². The van der Waals surface area contributed by atoms with E-state index in [4.69, 9.17) is 0 Å². The zero-order valence-corrected chi connectivity index (χ0v) is 11.8. The van der Waals surface area contributed by atoms with Gasteiger partial charge in [0.25, 0.3) is 0 Å².